The number of sulfonamides is 1. The topological polar surface area (TPSA) is 70.2 Å². The average molecular weight is 528 g/mol. The van der Waals surface area contributed by atoms with Crippen molar-refractivity contribution in [3.05, 3.63) is 115 Å². The molecule has 0 aromatic heterocycles. The highest BCUT2D eigenvalue weighted by molar-refractivity contribution is 7.92. The third-order valence-electron chi connectivity index (χ3n) is 6.47. The number of hydrogen-bond donors (Lipinski definition) is 0. The lowest BCUT2D eigenvalue weighted by Crippen LogP contribution is -2.52. The highest BCUT2D eigenvalue weighted by Gasteiger charge is 2.30. The van der Waals surface area contributed by atoms with Crippen molar-refractivity contribution >= 4 is 27.3 Å². The SMILES string of the molecule is O=C(CN(c1ccc(Oc2ccccc2)cc1)S(=O)(=O)c1ccccc1)N1CCN(c2ccccc2)CC1. The minimum Gasteiger partial charge on any atom is -0.457 e. The van der Waals surface area contributed by atoms with E-state index in [1.54, 1.807) is 59.5 Å². The number of carbonyl (C=O) groups excluding carboxylic acids is 1. The summed E-state index contributed by atoms with van der Waals surface area (Å²) in [6.07, 6.45) is 0. The minimum absolute atomic E-state index is 0.131. The minimum atomic E-state index is -3.98. The fourth-order valence-electron chi connectivity index (χ4n) is 4.42. The zero-order valence-corrected chi connectivity index (χ0v) is 21.7. The van der Waals surface area contributed by atoms with Crippen molar-refractivity contribution in [2.45, 2.75) is 4.90 Å². The van der Waals surface area contributed by atoms with Crippen LogP contribution in [0.1, 0.15) is 0 Å². The van der Waals surface area contributed by atoms with E-state index in [4.69, 9.17) is 4.74 Å². The Kier molecular flexibility index (Phi) is 7.60. The molecule has 4 aromatic rings. The number of rotatable bonds is 8. The molecule has 4 aromatic carbocycles. The molecule has 1 fully saturated rings. The van der Waals surface area contributed by atoms with Gasteiger partial charge in [-0.05, 0) is 60.7 Å². The number of carbonyl (C=O) groups is 1. The van der Waals surface area contributed by atoms with Crippen LogP contribution in [0.25, 0.3) is 0 Å². The van der Waals surface area contributed by atoms with Gasteiger partial charge in [-0.1, -0.05) is 54.6 Å². The summed E-state index contributed by atoms with van der Waals surface area (Å²) in [5.74, 6) is 1.01. The molecule has 7 nitrogen and oxygen atoms in total. The van der Waals surface area contributed by atoms with E-state index in [-0.39, 0.29) is 17.3 Å². The first kappa shape index (κ1) is 25.4. The Labute approximate surface area is 223 Å². The van der Waals surface area contributed by atoms with Gasteiger partial charge in [-0.2, -0.15) is 0 Å². The zero-order chi connectivity index (χ0) is 26.4. The van der Waals surface area contributed by atoms with Gasteiger partial charge < -0.3 is 14.5 Å². The van der Waals surface area contributed by atoms with Crippen LogP contribution >= 0.6 is 0 Å². The molecule has 38 heavy (non-hydrogen) atoms. The molecule has 1 heterocycles. The molecule has 0 bridgehead atoms. The fraction of sp³-hybridized carbons (Fsp3) is 0.167. The Hall–Kier alpha value is -4.30. The van der Waals surface area contributed by atoms with E-state index in [0.29, 0.717) is 43.4 Å². The number of hydrogen-bond acceptors (Lipinski definition) is 5. The highest BCUT2D eigenvalue weighted by Crippen LogP contribution is 2.28. The molecule has 0 saturated carbocycles. The third kappa shape index (κ3) is 5.81. The lowest BCUT2D eigenvalue weighted by atomic mass is 10.2. The second-order valence-corrected chi connectivity index (χ2v) is 10.8. The monoisotopic (exact) mass is 527 g/mol. The molecule has 8 heteroatoms. The molecule has 1 amide bonds. The summed E-state index contributed by atoms with van der Waals surface area (Å²) >= 11 is 0. The van der Waals surface area contributed by atoms with Crippen molar-refractivity contribution in [2.24, 2.45) is 0 Å². The van der Waals surface area contributed by atoms with Crippen molar-refractivity contribution in [2.75, 3.05) is 41.9 Å². The molecule has 0 unspecified atom stereocenters. The quantitative estimate of drug-likeness (QED) is 0.322. The standard InChI is InChI=1S/C30H29N3O4S/c34-30(32-22-20-31(21-23-32)25-10-4-1-5-11-25)24-33(38(35,36)29-14-8-3-9-15-29)26-16-18-28(19-17-26)37-27-12-6-2-7-13-27/h1-19H,20-24H2. The fourth-order valence-corrected chi connectivity index (χ4v) is 5.85. The van der Waals surface area contributed by atoms with Crippen LogP contribution in [0.5, 0.6) is 11.5 Å². The van der Waals surface area contributed by atoms with Crippen molar-refractivity contribution in [3.8, 4) is 11.5 Å². The maximum Gasteiger partial charge on any atom is 0.264 e. The molecular formula is C30H29N3O4S. The normalized spacial score (nSPS) is 13.7. The van der Waals surface area contributed by atoms with E-state index < -0.39 is 10.0 Å². The third-order valence-corrected chi connectivity index (χ3v) is 8.26. The van der Waals surface area contributed by atoms with Crippen LogP contribution in [0.15, 0.2) is 120 Å². The van der Waals surface area contributed by atoms with Crippen LogP contribution < -0.4 is 13.9 Å². The van der Waals surface area contributed by atoms with Gasteiger partial charge in [0.25, 0.3) is 10.0 Å². The molecule has 194 valence electrons. The number of para-hydroxylation sites is 2. The van der Waals surface area contributed by atoms with E-state index in [1.165, 1.54) is 4.31 Å². The van der Waals surface area contributed by atoms with Crippen LogP contribution in [0.3, 0.4) is 0 Å². The van der Waals surface area contributed by atoms with Crippen molar-refractivity contribution in [3.63, 3.8) is 0 Å². The van der Waals surface area contributed by atoms with Gasteiger partial charge in [-0.15, -0.1) is 0 Å². The molecule has 0 radical (unpaired) electrons. The van der Waals surface area contributed by atoms with E-state index in [2.05, 4.69) is 17.0 Å². The molecule has 0 spiro atoms. The van der Waals surface area contributed by atoms with E-state index in [1.807, 2.05) is 48.5 Å². The maximum absolute atomic E-state index is 13.7. The summed E-state index contributed by atoms with van der Waals surface area (Å²) in [5.41, 5.74) is 1.51. The summed E-state index contributed by atoms with van der Waals surface area (Å²) in [7, 11) is -3.98. The first-order chi connectivity index (χ1) is 18.5. The average Bonchev–Trinajstić information content (AvgIpc) is 2.98. The predicted molar refractivity (Wildman–Crippen MR) is 149 cm³/mol. The van der Waals surface area contributed by atoms with Gasteiger partial charge in [-0.25, -0.2) is 8.42 Å². The first-order valence-corrected chi connectivity index (χ1v) is 13.9. The first-order valence-electron chi connectivity index (χ1n) is 12.5. The highest BCUT2D eigenvalue weighted by atomic mass is 32.2. The number of anilines is 2. The van der Waals surface area contributed by atoms with E-state index in [0.717, 1.165) is 5.69 Å². The smallest absolute Gasteiger partial charge is 0.264 e. The van der Waals surface area contributed by atoms with Gasteiger partial charge in [0.15, 0.2) is 0 Å². The van der Waals surface area contributed by atoms with Gasteiger partial charge in [-0.3, -0.25) is 9.10 Å². The summed E-state index contributed by atoms with van der Waals surface area (Å²) < 4.78 is 34.4. The number of amides is 1. The number of ether oxygens (including phenoxy) is 1. The van der Waals surface area contributed by atoms with Gasteiger partial charge in [0.05, 0.1) is 10.6 Å². The number of benzene rings is 4. The lowest BCUT2D eigenvalue weighted by molar-refractivity contribution is -0.129. The largest absolute Gasteiger partial charge is 0.457 e. The summed E-state index contributed by atoms with van der Waals surface area (Å²) in [4.78, 5) is 17.5. The van der Waals surface area contributed by atoms with Crippen LogP contribution in [0.4, 0.5) is 11.4 Å². The predicted octanol–water partition coefficient (Wildman–Crippen LogP) is 5.02. The van der Waals surface area contributed by atoms with Gasteiger partial charge in [0, 0.05) is 31.9 Å². The maximum atomic E-state index is 13.7. The molecule has 5 rings (SSSR count). The second kappa shape index (κ2) is 11.4. The molecule has 1 aliphatic heterocycles. The summed E-state index contributed by atoms with van der Waals surface area (Å²) in [6.45, 7) is 2.13. The Balaban J connectivity index is 1.35. The van der Waals surface area contributed by atoms with Crippen LogP contribution in [0, 0.1) is 0 Å². The van der Waals surface area contributed by atoms with Crippen molar-refractivity contribution in [1.82, 2.24) is 4.90 Å². The molecular weight excluding hydrogens is 498 g/mol. The Morgan fingerprint density at radius 2 is 1.21 bits per heavy atom. The Morgan fingerprint density at radius 3 is 1.82 bits per heavy atom. The second-order valence-electron chi connectivity index (χ2n) is 8.94. The lowest BCUT2D eigenvalue weighted by Gasteiger charge is -2.37. The Morgan fingerprint density at radius 1 is 0.684 bits per heavy atom. The van der Waals surface area contributed by atoms with Gasteiger partial charge in [0.2, 0.25) is 5.91 Å². The van der Waals surface area contributed by atoms with Crippen molar-refractivity contribution in [1.29, 1.82) is 0 Å². The zero-order valence-electron chi connectivity index (χ0n) is 20.9. The number of piperazine rings is 1. The molecule has 0 atom stereocenters. The van der Waals surface area contributed by atoms with Gasteiger partial charge >= 0.3 is 0 Å². The Bertz CT molecular complexity index is 1440. The van der Waals surface area contributed by atoms with Gasteiger partial charge in [0.1, 0.15) is 18.0 Å². The van der Waals surface area contributed by atoms with Crippen LogP contribution in [0.2, 0.25) is 0 Å². The summed E-state index contributed by atoms with van der Waals surface area (Å²) in [6, 6.07) is 34.4. The van der Waals surface area contributed by atoms with E-state index >= 15 is 0 Å². The van der Waals surface area contributed by atoms with Crippen LogP contribution in [-0.2, 0) is 14.8 Å². The van der Waals surface area contributed by atoms with Crippen LogP contribution in [-0.4, -0.2) is 51.9 Å². The molecule has 0 N–H and O–H groups in total. The molecule has 0 aliphatic carbocycles. The summed E-state index contributed by atoms with van der Waals surface area (Å²) in [5, 5.41) is 0. The van der Waals surface area contributed by atoms with Crippen molar-refractivity contribution < 1.29 is 17.9 Å². The molecule has 1 saturated heterocycles. The molecule has 1 aliphatic rings. The van der Waals surface area contributed by atoms with E-state index in [9.17, 15) is 13.2 Å². The number of nitrogens with zero attached hydrogens (tertiary/aromatic N) is 3.